The molecule has 0 saturated carbocycles. The van der Waals surface area contributed by atoms with E-state index in [1.807, 2.05) is 24.4 Å². The number of aryl methyl sites for hydroxylation is 1. The first-order valence-electron chi connectivity index (χ1n) is 7.89. The van der Waals surface area contributed by atoms with Crippen molar-refractivity contribution in [2.24, 2.45) is 0 Å². The summed E-state index contributed by atoms with van der Waals surface area (Å²) in [6.45, 7) is 2.29. The summed E-state index contributed by atoms with van der Waals surface area (Å²) < 4.78 is 19.0. The van der Waals surface area contributed by atoms with E-state index < -0.39 is 0 Å². The number of hydrogen-bond donors (Lipinski definition) is 1. The van der Waals surface area contributed by atoms with Crippen LogP contribution in [0.25, 0.3) is 0 Å². The summed E-state index contributed by atoms with van der Waals surface area (Å²) in [5, 5.41) is 4.80. The van der Waals surface area contributed by atoms with Gasteiger partial charge in [0.2, 0.25) is 5.88 Å². The first-order valence-corrected chi connectivity index (χ1v) is 8.77. The highest BCUT2D eigenvalue weighted by Gasteiger charge is 2.13. The number of aromatic nitrogens is 1. The fourth-order valence-electron chi connectivity index (χ4n) is 2.36. The minimum atomic E-state index is -0.381. The van der Waals surface area contributed by atoms with Gasteiger partial charge < -0.3 is 10.1 Å². The van der Waals surface area contributed by atoms with Crippen molar-refractivity contribution < 1.29 is 13.9 Å². The van der Waals surface area contributed by atoms with E-state index in [0.29, 0.717) is 11.6 Å². The molecule has 2 heterocycles. The van der Waals surface area contributed by atoms with Crippen LogP contribution in [0.15, 0.2) is 54.0 Å². The Morgan fingerprint density at radius 2 is 2.12 bits per heavy atom. The van der Waals surface area contributed by atoms with E-state index in [-0.39, 0.29) is 18.3 Å². The van der Waals surface area contributed by atoms with Gasteiger partial charge in [0.1, 0.15) is 11.6 Å². The first-order chi connectivity index (χ1) is 12.2. The number of halogens is 1. The van der Waals surface area contributed by atoms with E-state index >= 15 is 0 Å². The third-order valence-electron chi connectivity index (χ3n) is 3.63. The van der Waals surface area contributed by atoms with Gasteiger partial charge in [-0.05, 0) is 41.6 Å². The zero-order chi connectivity index (χ0) is 17.6. The summed E-state index contributed by atoms with van der Waals surface area (Å²) >= 11 is 1.43. The normalized spacial score (nSPS) is 10.5. The minimum Gasteiger partial charge on any atom is -0.439 e. The molecule has 1 N–H and O–H groups in total. The molecule has 128 valence electrons. The third kappa shape index (κ3) is 4.22. The fraction of sp³-hybridized carbons (Fsp3) is 0.158. The molecule has 1 amide bonds. The minimum absolute atomic E-state index is 0.118. The van der Waals surface area contributed by atoms with Crippen LogP contribution in [0.3, 0.4) is 0 Å². The highest BCUT2D eigenvalue weighted by molar-refractivity contribution is 7.12. The Kier molecular flexibility index (Phi) is 5.40. The Morgan fingerprint density at radius 1 is 1.24 bits per heavy atom. The standard InChI is InChI=1S/C19H17FN2O2S/c1-2-13-8-10-25-17(13)18(23)22-12-14-5-4-9-21-19(14)24-16-7-3-6-15(20)11-16/h3-11H,2,12H2,1H3,(H,22,23). The van der Waals surface area contributed by atoms with Crippen LogP contribution >= 0.6 is 11.3 Å². The van der Waals surface area contributed by atoms with Crippen LogP contribution in [0, 0.1) is 5.82 Å². The van der Waals surface area contributed by atoms with Crippen LogP contribution in [0.5, 0.6) is 11.6 Å². The number of nitrogens with one attached hydrogen (secondary N) is 1. The molecule has 0 bridgehead atoms. The summed E-state index contributed by atoms with van der Waals surface area (Å²) in [5.41, 5.74) is 1.75. The number of thiophene rings is 1. The lowest BCUT2D eigenvalue weighted by Gasteiger charge is -2.11. The van der Waals surface area contributed by atoms with Crippen LogP contribution in [-0.4, -0.2) is 10.9 Å². The highest BCUT2D eigenvalue weighted by atomic mass is 32.1. The molecular formula is C19H17FN2O2S. The Morgan fingerprint density at radius 3 is 2.92 bits per heavy atom. The van der Waals surface area contributed by atoms with Crippen LogP contribution < -0.4 is 10.1 Å². The van der Waals surface area contributed by atoms with E-state index in [1.54, 1.807) is 24.4 Å². The number of pyridine rings is 1. The average Bonchev–Trinajstić information content (AvgIpc) is 3.09. The molecule has 4 nitrogen and oxygen atoms in total. The van der Waals surface area contributed by atoms with Crippen LogP contribution in [-0.2, 0) is 13.0 Å². The Labute approximate surface area is 149 Å². The summed E-state index contributed by atoms with van der Waals surface area (Å²) in [7, 11) is 0. The topological polar surface area (TPSA) is 51.2 Å². The number of amides is 1. The van der Waals surface area contributed by atoms with Gasteiger partial charge in [-0.1, -0.05) is 19.1 Å². The smallest absolute Gasteiger partial charge is 0.261 e. The van der Waals surface area contributed by atoms with Gasteiger partial charge in [-0.15, -0.1) is 11.3 Å². The maximum atomic E-state index is 13.3. The molecule has 0 spiro atoms. The molecule has 0 saturated heterocycles. The van der Waals surface area contributed by atoms with Crippen molar-refractivity contribution in [1.29, 1.82) is 0 Å². The lowest BCUT2D eigenvalue weighted by atomic mass is 10.2. The van der Waals surface area contributed by atoms with Crippen molar-refractivity contribution in [2.75, 3.05) is 0 Å². The molecule has 0 atom stereocenters. The molecule has 0 fully saturated rings. The second-order valence-electron chi connectivity index (χ2n) is 5.34. The lowest BCUT2D eigenvalue weighted by molar-refractivity contribution is 0.0954. The van der Waals surface area contributed by atoms with Crippen molar-refractivity contribution in [3.05, 3.63) is 75.9 Å². The van der Waals surface area contributed by atoms with Crippen LogP contribution in [0.2, 0.25) is 0 Å². The molecular weight excluding hydrogens is 339 g/mol. The predicted octanol–water partition coefficient (Wildman–Crippen LogP) is 4.57. The molecule has 0 aliphatic rings. The molecule has 2 aromatic heterocycles. The van der Waals surface area contributed by atoms with Gasteiger partial charge in [-0.25, -0.2) is 9.37 Å². The summed E-state index contributed by atoms with van der Waals surface area (Å²) in [6.07, 6.45) is 2.40. The first kappa shape index (κ1) is 17.1. The van der Waals surface area contributed by atoms with Gasteiger partial charge in [0.15, 0.2) is 0 Å². The van der Waals surface area contributed by atoms with E-state index in [2.05, 4.69) is 10.3 Å². The SMILES string of the molecule is CCc1ccsc1C(=O)NCc1cccnc1Oc1cccc(F)c1. The quantitative estimate of drug-likeness (QED) is 0.704. The number of carbonyl (C=O) groups is 1. The van der Waals surface area contributed by atoms with E-state index in [9.17, 15) is 9.18 Å². The van der Waals surface area contributed by atoms with Crippen molar-refractivity contribution in [3.8, 4) is 11.6 Å². The molecule has 3 aromatic rings. The van der Waals surface area contributed by atoms with Gasteiger partial charge in [0, 0.05) is 24.4 Å². The van der Waals surface area contributed by atoms with E-state index in [1.165, 1.54) is 23.5 Å². The largest absolute Gasteiger partial charge is 0.439 e. The monoisotopic (exact) mass is 356 g/mol. The summed E-state index contributed by atoms with van der Waals surface area (Å²) in [5.74, 6) is 0.202. The molecule has 6 heteroatoms. The molecule has 1 aromatic carbocycles. The van der Waals surface area contributed by atoms with Crippen LogP contribution in [0.1, 0.15) is 27.7 Å². The number of nitrogens with zero attached hydrogens (tertiary/aromatic N) is 1. The second-order valence-corrected chi connectivity index (χ2v) is 6.25. The van der Waals surface area contributed by atoms with E-state index in [4.69, 9.17) is 4.74 Å². The molecule has 25 heavy (non-hydrogen) atoms. The number of hydrogen-bond acceptors (Lipinski definition) is 4. The zero-order valence-electron chi connectivity index (χ0n) is 13.7. The number of benzene rings is 1. The van der Waals surface area contributed by atoms with Gasteiger partial charge in [0.05, 0.1) is 4.88 Å². The maximum absolute atomic E-state index is 13.3. The van der Waals surface area contributed by atoms with Gasteiger partial charge in [-0.2, -0.15) is 0 Å². The maximum Gasteiger partial charge on any atom is 0.261 e. The molecule has 0 aliphatic heterocycles. The fourth-order valence-corrected chi connectivity index (χ4v) is 3.27. The predicted molar refractivity (Wildman–Crippen MR) is 95.6 cm³/mol. The number of ether oxygens (including phenoxy) is 1. The molecule has 3 rings (SSSR count). The second kappa shape index (κ2) is 7.90. The third-order valence-corrected chi connectivity index (χ3v) is 4.59. The Hall–Kier alpha value is -2.73. The number of rotatable bonds is 6. The molecule has 0 unspecified atom stereocenters. The van der Waals surface area contributed by atoms with Crippen LogP contribution in [0.4, 0.5) is 4.39 Å². The van der Waals surface area contributed by atoms with Gasteiger partial charge in [0.25, 0.3) is 5.91 Å². The zero-order valence-corrected chi connectivity index (χ0v) is 14.5. The molecule has 0 aliphatic carbocycles. The average molecular weight is 356 g/mol. The number of carbonyl (C=O) groups excluding carboxylic acids is 1. The Balaban J connectivity index is 1.72. The van der Waals surface area contributed by atoms with Gasteiger partial charge >= 0.3 is 0 Å². The summed E-state index contributed by atoms with van der Waals surface area (Å²) in [6, 6.07) is 11.4. The van der Waals surface area contributed by atoms with Crippen molar-refractivity contribution in [3.63, 3.8) is 0 Å². The van der Waals surface area contributed by atoms with Crippen molar-refractivity contribution >= 4 is 17.2 Å². The van der Waals surface area contributed by atoms with Crippen molar-refractivity contribution in [2.45, 2.75) is 19.9 Å². The van der Waals surface area contributed by atoms with E-state index in [0.717, 1.165) is 22.4 Å². The lowest BCUT2D eigenvalue weighted by Crippen LogP contribution is -2.23. The van der Waals surface area contributed by atoms with Crippen molar-refractivity contribution in [1.82, 2.24) is 10.3 Å². The Bertz CT molecular complexity index is 879. The molecule has 0 radical (unpaired) electrons. The summed E-state index contributed by atoms with van der Waals surface area (Å²) in [4.78, 5) is 17.3. The van der Waals surface area contributed by atoms with Gasteiger partial charge in [-0.3, -0.25) is 4.79 Å². The highest BCUT2D eigenvalue weighted by Crippen LogP contribution is 2.24.